The van der Waals surface area contributed by atoms with Crippen LogP contribution in [0.2, 0.25) is 0 Å². The molecule has 0 aliphatic heterocycles. The van der Waals surface area contributed by atoms with Crippen molar-refractivity contribution in [3.05, 3.63) is 12.7 Å². The van der Waals surface area contributed by atoms with Gasteiger partial charge in [0.1, 0.15) is 0 Å². The minimum Gasteiger partial charge on any atom is -0.103 e. The van der Waals surface area contributed by atoms with Crippen LogP contribution in [0.1, 0.15) is 111 Å². The Morgan fingerprint density at radius 1 is 0.762 bits per heavy atom. The van der Waals surface area contributed by atoms with Gasteiger partial charge in [0.05, 0.1) is 0 Å². The Bertz CT molecular complexity index is 206. The Hall–Kier alpha value is -0.260. The maximum atomic E-state index is 3.83. The van der Waals surface area contributed by atoms with Crippen LogP contribution in [0.3, 0.4) is 0 Å². The van der Waals surface area contributed by atoms with Gasteiger partial charge in [0.15, 0.2) is 0 Å². The predicted octanol–water partition coefficient (Wildman–Crippen LogP) is 7.93. The van der Waals surface area contributed by atoms with Crippen molar-refractivity contribution in [1.29, 1.82) is 0 Å². The Balaban J connectivity index is 3.63. The van der Waals surface area contributed by atoms with Crippen LogP contribution in [0.15, 0.2) is 12.7 Å². The van der Waals surface area contributed by atoms with Gasteiger partial charge >= 0.3 is 0 Å². The molecule has 0 amide bonds. The van der Waals surface area contributed by atoms with Crippen LogP contribution in [0.4, 0.5) is 0 Å². The number of rotatable bonds is 16. The average Bonchev–Trinajstić information content (AvgIpc) is 2.51. The van der Waals surface area contributed by atoms with Crippen molar-refractivity contribution in [2.24, 2.45) is 11.8 Å². The first kappa shape index (κ1) is 20.7. The molecule has 0 saturated heterocycles. The molecule has 0 nitrogen and oxygen atoms in total. The van der Waals surface area contributed by atoms with Crippen molar-refractivity contribution in [2.45, 2.75) is 111 Å². The molecule has 0 aliphatic rings. The van der Waals surface area contributed by atoms with Gasteiger partial charge in [0.25, 0.3) is 0 Å². The Labute approximate surface area is 135 Å². The summed E-state index contributed by atoms with van der Waals surface area (Å²) in [5.74, 6) is 1.89. The van der Waals surface area contributed by atoms with Gasteiger partial charge in [-0.3, -0.25) is 0 Å². The van der Waals surface area contributed by atoms with Crippen molar-refractivity contribution < 1.29 is 0 Å². The molecule has 0 rings (SSSR count). The molecule has 21 heavy (non-hydrogen) atoms. The summed E-state index contributed by atoms with van der Waals surface area (Å²) in [6, 6.07) is 0. The highest BCUT2D eigenvalue weighted by molar-refractivity contribution is 4.69. The molecule has 0 fully saturated rings. The molecule has 0 spiro atoms. The third-order valence-corrected chi connectivity index (χ3v) is 5.11. The molecule has 0 radical (unpaired) electrons. The van der Waals surface area contributed by atoms with E-state index in [1.54, 1.807) is 0 Å². The van der Waals surface area contributed by atoms with Gasteiger partial charge in [0.2, 0.25) is 0 Å². The summed E-state index contributed by atoms with van der Waals surface area (Å²) in [6.45, 7) is 10.9. The van der Waals surface area contributed by atoms with Gasteiger partial charge in [-0.05, 0) is 24.7 Å². The maximum absolute atomic E-state index is 3.83. The van der Waals surface area contributed by atoms with Gasteiger partial charge in [-0.2, -0.15) is 0 Å². The summed E-state index contributed by atoms with van der Waals surface area (Å²) in [5.41, 5.74) is 0. The third-order valence-electron chi connectivity index (χ3n) is 5.11. The van der Waals surface area contributed by atoms with E-state index in [4.69, 9.17) is 0 Å². The quantitative estimate of drug-likeness (QED) is 0.200. The van der Waals surface area contributed by atoms with Gasteiger partial charge in [-0.25, -0.2) is 0 Å². The molecule has 0 heterocycles. The molecular weight excluding hydrogens is 252 g/mol. The fourth-order valence-corrected chi connectivity index (χ4v) is 3.28. The Kier molecular flexibility index (Phi) is 15.9. The molecule has 0 aromatic carbocycles. The summed E-state index contributed by atoms with van der Waals surface area (Å²) in [7, 11) is 0. The smallest absolute Gasteiger partial charge is 0.0353 e. The summed E-state index contributed by atoms with van der Waals surface area (Å²) < 4.78 is 0. The van der Waals surface area contributed by atoms with Crippen LogP contribution in [0.5, 0.6) is 0 Å². The molecule has 0 aromatic heterocycles. The molecule has 2 atom stereocenters. The molecule has 0 aliphatic carbocycles. The first-order chi connectivity index (χ1) is 10.3. The predicted molar refractivity (Wildman–Crippen MR) is 98.8 cm³/mol. The van der Waals surface area contributed by atoms with Crippen molar-refractivity contribution >= 4 is 0 Å². The van der Waals surface area contributed by atoms with E-state index in [-0.39, 0.29) is 0 Å². The first-order valence-corrected chi connectivity index (χ1v) is 9.87. The zero-order valence-corrected chi connectivity index (χ0v) is 15.3. The van der Waals surface area contributed by atoms with Crippen molar-refractivity contribution in [1.82, 2.24) is 0 Å². The van der Waals surface area contributed by atoms with E-state index in [9.17, 15) is 0 Å². The molecule has 0 saturated carbocycles. The van der Waals surface area contributed by atoms with E-state index in [1.807, 2.05) is 0 Å². The molecule has 2 unspecified atom stereocenters. The van der Waals surface area contributed by atoms with Gasteiger partial charge in [-0.15, -0.1) is 6.58 Å². The van der Waals surface area contributed by atoms with E-state index in [0.717, 1.165) is 11.8 Å². The van der Waals surface area contributed by atoms with Crippen LogP contribution in [0, 0.1) is 11.8 Å². The zero-order valence-electron chi connectivity index (χ0n) is 15.3. The standard InChI is InChI=1S/C21H42/c1-5-8-10-12-13-14-15-17-19-21(20(4)7-3)18-16-11-9-6-2/h6,20-21H,2,5,7-19H2,1,3-4H3. The lowest BCUT2D eigenvalue weighted by atomic mass is 9.83. The van der Waals surface area contributed by atoms with E-state index in [0.29, 0.717) is 0 Å². The van der Waals surface area contributed by atoms with E-state index >= 15 is 0 Å². The number of allylic oxidation sites excluding steroid dienone is 1. The summed E-state index contributed by atoms with van der Waals surface area (Å²) in [6.07, 6.45) is 21.8. The Morgan fingerprint density at radius 3 is 1.81 bits per heavy atom. The van der Waals surface area contributed by atoms with Crippen LogP contribution in [-0.4, -0.2) is 0 Å². The number of unbranched alkanes of at least 4 members (excludes halogenated alkanes) is 9. The lowest BCUT2D eigenvalue weighted by Gasteiger charge is -2.23. The van der Waals surface area contributed by atoms with Crippen LogP contribution in [-0.2, 0) is 0 Å². The van der Waals surface area contributed by atoms with Crippen LogP contribution in [0.25, 0.3) is 0 Å². The zero-order chi connectivity index (χ0) is 15.8. The molecule has 0 aromatic rings. The average molecular weight is 295 g/mol. The van der Waals surface area contributed by atoms with Crippen molar-refractivity contribution in [3.63, 3.8) is 0 Å². The second kappa shape index (κ2) is 16.1. The normalized spacial score (nSPS) is 14.0. The number of hydrogen-bond acceptors (Lipinski definition) is 0. The second-order valence-corrected chi connectivity index (χ2v) is 6.98. The highest BCUT2D eigenvalue weighted by atomic mass is 14.2. The first-order valence-electron chi connectivity index (χ1n) is 9.87. The molecule has 0 N–H and O–H groups in total. The molecule has 0 heteroatoms. The second-order valence-electron chi connectivity index (χ2n) is 6.98. The van der Waals surface area contributed by atoms with E-state index in [2.05, 4.69) is 33.4 Å². The minimum atomic E-state index is 0.915. The Morgan fingerprint density at radius 2 is 1.29 bits per heavy atom. The molecule has 126 valence electrons. The van der Waals surface area contributed by atoms with Crippen LogP contribution < -0.4 is 0 Å². The maximum Gasteiger partial charge on any atom is -0.0353 e. The molecule has 0 bridgehead atoms. The third kappa shape index (κ3) is 13.1. The van der Waals surface area contributed by atoms with Gasteiger partial charge in [0, 0.05) is 0 Å². The monoisotopic (exact) mass is 294 g/mol. The van der Waals surface area contributed by atoms with Crippen molar-refractivity contribution in [2.75, 3.05) is 0 Å². The lowest BCUT2D eigenvalue weighted by molar-refractivity contribution is 0.289. The van der Waals surface area contributed by atoms with E-state index < -0.39 is 0 Å². The largest absolute Gasteiger partial charge is 0.103 e. The summed E-state index contributed by atoms with van der Waals surface area (Å²) >= 11 is 0. The molecular formula is C21H42. The SMILES string of the molecule is C=CCCCCC(CCCCCCCCCC)C(C)CC. The highest BCUT2D eigenvalue weighted by Crippen LogP contribution is 2.27. The van der Waals surface area contributed by atoms with Crippen LogP contribution >= 0.6 is 0 Å². The van der Waals surface area contributed by atoms with Gasteiger partial charge in [-0.1, -0.05) is 104 Å². The lowest BCUT2D eigenvalue weighted by Crippen LogP contribution is -2.11. The minimum absolute atomic E-state index is 0.915. The fraction of sp³-hybridized carbons (Fsp3) is 0.905. The number of hydrogen-bond donors (Lipinski definition) is 0. The fourth-order valence-electron chi connectivity index (χ4n) is 3.28. The van der Waals surface area contributed by atoms with Gasteiger partial charge < -0.3 is 0 Å². The summed E-state index contributed by atoms with van der Waals surface area (Å²) in [4.78, 5) is 0. The highest BCUT2D eigenvalue weighted by Gasteiger charge is 2.14. The topological polar surface area (TPSA) is 0 Å². The summed E-state index contributed by atoms with van der Waals surface area (Å²) in [5, 5.41) is 0. The van der Waals surface area contributed by atoms with Crippen molar-refractivity contribution in [3.8, 4) is 0 Å². The van der Waals surface area contributed by atoms with E-state index in [1.165, 1.54) is 89.9 Å².